The van der Waals surface area contributed by atoms with Gasteiger partial charge in [-0.05, 0) is 19.3 Å². The monoisotopic (exact) mass is 267 g/mol. The molecule has 4 nitrogen and oxygen atoms in total. The number of anilines is 1. The summed E-state index contributed by atoms with van der Waals surface area (Å²) in [5, 5.41) is 6.85. The first-order valence-electron chi connectivity index (χ1n) is 6.89. The van der Waals surface area contributed by atoms with Crippen LogP contribution in [0, 0.1) is 0 Å². The van der Waals surface area contributed by atoms with Crippen molar-refractivity contribution in [1.29, 1.82) is 0 Å². The number of ether oxygens (including phenoxy) is 1. The predicted octanol–water partition coefficient (Wildman–Crippen LogP) is 2.01. The van der Waals surface area contributed by atoms with E-state index in [0.717, 1.165) is 43.8 Å². The average Bonchev–Trinajstić information content (AvgIpc) is 3.13. The topological polar surface area (TPSA) is 37.4 Å². The molecular formula is C13H21N3OS. The van der Waals surface area contributed by atoms with Crippen LogP contribution in [0.5, 0.6) is 0 Å². The van der Waals surface area contributed by atoms with E-state index in [1.807, 2.05) is 0 Å². The van der Waals surface area contributed by atoms with Gasteiger partial charge in [-0.15, -0.1) is 11.3 Å². The molecule has 1 aromatic heterocycles. The summed E-state index contributed by atoms with van der Waals surface area (Å²) in [6.45, 7) is 5.89. The Hall–Kier alpha value is -0.650. The molecule has 5 heteroatoms. The molecule has 0 amide bonds. The molecule has 2 aliphatic rings. The maximum Gasteiger partial charge on any atom is 0.185 e. The molecule has 0 radical (unpaired) electrons. The van der Waals surface area contributed by atoms with Crippen molar-refractivity contribution in [2.24, 2.45) is 0 Å². The van der Waals surface area contributed by atoms with Gasteiger partial charge in [0.2, 0.25) is 0 Å². The van der Waals surface area contributed by atoms with Crippen LogP contribution in [0.1, 0.15) is 31.9 Å². The summed E-state index contributed by atoms with van der Waals surface area (Å²) in [7, 11) is 0. The van der Waals surface area contributed by atoms with Gasteiger partial charge in [-0.3, -0.25) is 0 Å². The Morgan fingerprint density at radius 3 is 3.22 bits per heavy atom. The lowest BCUT2D eigenvalue weighted by molar-refractivity contribution is 0.0384. The standard InChI is InChI=1S/C13H21N3OS/c1-2-12-8-16(5-6-17-12)13-15-11(9-18-13)7-14-10-3-4-10/h9-10,12,14H,2-8H2,1H3. The predicted molar refractivity (Wildman–Crippen MR) is 74.2 cm³/mol. The van der Waals surface area contributed by atoms with E-state index < -0.39 is 0 Å². The number of morpholine rings is 1. The molecule has 2 heterocycles. The number of hydrogen-bond acceptors (Lipinski definition) is 5. The van der Waals surface area contributed by atoms with E-state index in [1.54, 1.807) is 11.3 Å². The maximum atomic E-state index is 5.70. The van der Waals surface area contributed by atoms with Gasteiger partial charge in [-0.25, -0.2) is 4.98 Å². The normalized spacial score (nSPS) is 24.5. The van der Waals surface area contributed by atoms with Crippen molar-refractivity contribution < 1.29 is 4.74 Å². The molecule has 1 unspecified atom stereocenters. The van der Waals surface area contributed by atoms with E-state index in [4.69, 9.17) is 9.72 Å². The molecule has 0 aromatic carbocycles. The van der Waals surface area contributed by atoms with Gasteiger partial charge in [0.1, 0.15) is 0 Å². The van der Waals surface area contributed by atoms with Crippen LogP contribution in [0.15, 0.2) is 5.38 Å². The van der Waals surface area contributed by atoms with E-state index in [1.165, 1.54) is 18.5 Å². The molecule has 18 heavy (non-hydrogen) atoms. The molecule has 1 aromatic rings. The Kier molecular flexibility index (Phi) is 3.82. The smallest absolute Gasteiger partial charge is 0.185 e. The van der Waals surface area contributed by atoms with Gasteiger partial charge in [-0.1, -0.05) is 6.92 Å². The number of thiazole rings is 1. The van der Waals surface area contributed by atoms with Gasteiger partial charge in [0.25, 0.3) is 0 Å². The molecule has 2 fully saturated rings. The summed E-state index contributed by atoms with van der Waals surface area (Å²) in [6.07, 6.45) is 4.12. The highest BCUT2D eigenvalue weighted by Crippen LogP contribution is 2.24. The first kappa shape index (κ1) is 12.4. The van der Waals surface area contributed by atoms with Crippen LogP contribution < -0.4 is 10.2 Å². The van der Waals surface area contributed by atoms with Crippen LogP contribution in [-0.4, -0.2) is 36.8 Å². The van der Waals surface area contributed by atoms with Crippen LogP contribution in [-0.2, 0) is 11.3 Å². The molecule has 3 rings (SSSR count). The van der Waals surface area contributed by atoms with E-state index in [9.17, 15) is 0 Å². The van der Waals surface area contributed by atoms with Gasteiger partial charge < -0.3 is 15.0 Å². The number of aromatic nitrogens is 1. The van der Waals surface area contributed by atoms with E-state index in [0.29, 0.717) is 6.10 Å². The van der Waals surface area contributed by atoms with Crippen LogP contribution in [0.2, 0.25) is 0 Å². The fourth-order valence-electron chi connectivity index (χ4n) is 2.20. The van der Waals surface area contributed by atoms with Gasteiger partial charge in [0.15, 0.2) is 5.13 Å². The maximum absolute atomic E-state index is 5.70. The lowest BCUT2D eigenvalue weighted by Crippen LogP contribution is -2.42. The van der Waals surface area contributed by atoms with E-state index >= 15 is 0 Å². The number of rotatable bonds is 5. The molecule has 1 N–H and O–H groups in total. The Balaban J connectivity index is 1.57. The first-order valence-corrected chi connectivity index (χ1v) is 7.77. The number of nitrogens with zero attached hydrogens (tertiary/aromatic N) is 2. The van der Waals surface area contributed by atoms with Crippen LogP contribution >= 0.6 is 11.3 Å². The SMILES string of the molecule is CCC1CN(c2nc(CNC3CC3)cs2)CCO1. The minimum absolute atomic E-state index is 0.371. The zero-order valence-corrected chi connectivity index (χ0v) is 11.7. The zero-order chi connectivity index (χ0) is 12.4. The second-order valence-corrected chi connectivity index (χ2v) is 5.96. The first-order chi connectivity index (χ1) is 8.85. The van der Waals surface area contributed by atoms with Crippen LogP contribution in [0.25, 0.3) is 0 Å². The lowest BCUT2D eigenvalue weighted by atomic mass is 10.2. The van der Waals surface area contributed by atoms with E-state index in [2.05, 4.69) is 22.5 Å². The summed E-state index contributed by atoms with van der Waals surface area (Å²) in [5.41, 5.74) is 1.18. The Morgan fingerprint density at radius 2 is 2.44 bits per heavy atom. The Bertz CT molecular complexity index is 391. The highest BCUT2D eigenvalue weighted by molar-refractivity contribution is 7.13. The van der Waals surface area contributed by atoms with Crippen molar-refractivity contribution in [3.63, 3.8) is 0 Å². The third kappa shape index (κ3) is 3.02. The Labute approximate surface area is 112 Å². The zero-order valence-electron chi connectivity index (χ0n) is 10.9. The van der Waals surface area contributed by atoms with Crippen molar-refractivity contribution in [2.45, 2.75) is 44.9 Å². The van der Waals surface area contributed by atoms with Crippen molar-refractivity contribution in [1.82, 2.24) is 10.3 Å². The lowest BCUT2D eigenvalue weighted by Gasteiger charge is -2.32. The fraction of sp³-hybridized carbons (Fsp3) is 0.769. The number of hydrogen-bond donors (Lipinski definition) is 1. The van der Waals surface area contributed by atoms with Gasteiger partial charge in [0.05, 0.1) is 18.4 Å². The third-order valence-corrected chi connectivity index (χ3v) is 4.50. The largest absolute Gasteiger partial charge is 0.375 e. The molecule has 0 spiro atoms. The minimum atomic E-state index is 0.371. The number of nitrogens with one attached hydrogen (secondary N) is 1. The van der Waals surface area contributed by atoms with Crippen molar-refractivity contribution >= 4 is 16.5 Å². The van der Waals surface area contributed by atoms with Gasteiger partial charge in [-0.2, -0.15) is 0 Å². The summed E-state index contributed by atoms with van der Waals surface area (Å²) >= 11 is 1.76. The second kappa shape index (κ2) is 5.55. The molecule has 1 saturated carbocycles. The van der Waals surface area contributed by atoms with Crippen molar-refractivity contribution in [2.75, 3.05) is 24.6 Å². The quantitative estimate of drug-likeness (QED) is 0.885. The van der Waals surface area contributed by atoms with Gasteiger partial charge in [0, 0.05) is 31.1 Å². The molecule has 0 bridgehead atoms. The molecule has 1 atom stereocenters. The molecule has 1 saturated heterocycles. The minimum Gasteiger partial charge on any atom is -0.375 e. The summed E-state index contributed by atoms with van der Waals surface area (Å²) in [5.74, 6) is 0. The highest BCUT2D eigenvalue weighted by Gasteiger charge is 2.22. The molecule has 1 aliphatic carbocycles. The summed E-state index contributed by atoms with van der Waals surface area (Å²) in [4.78, 5) is 7.09. The van der Waals surface area contributed by atoms with Crippen molar-refractivity contribution in [3.8, 4) is 0 Å². The molecule has 1 aliphatic heterocycles. The second-order valence-electron chi connectivity index (χ2n) is 5.12. The van der Waals surface area contributed by atoms with Gasteiger partial charge >= 0.3 is 0 Å². The summed E-state index contributed by atoms with van der Waals surface area (Å²) in [6, 6.07) is 0.753. The molecule has 100 valence electrons. The third-order valence-electron chi connectivity index (χ3n) is 3.55. The fourth-order valence-corrected chi connectivity index (χ4v) is 3.06. The summed E-state index contributed by atoms with van der Waals surface area (Å²) < 4.78 is 5.70. The Morgan fingerprint density at radius 1 is 1.56 bits per heavy atom. The highest BCUT2D eigenvalue weighted by atomic mass is 32.1. The molecular weight excluding hydrogens is 246 g/mol. The van der Waals surface area contributed by atoms with Crippen LogP contribution in [0.4, 0.5) is 5.13 Å². The average molecular weight is 267 g/mol. The van der Waals surface area contributed by atoms with Crippen LogP contribution in [0.3, 0.4) is 0 Å². The van der Waals surface area contributed by atoms with Crippen molar-refractivity contribution in [3.05, 3.63) is 11.1 Å². The van der Waals surface area contributed by atoms with E-state index in [-0.39, 0.29) is 0 Å².